The van der Waals surface area contributed by atoms with Gasteiger partial charge < -0.3 is 9.64 Å². The largest absolute Gasteiger partial charge is 0.433 e. The minimum absolute atomic E-state index is 0.0936. The van der Waals surface area contributed by atoms with Crippen molar-refractivity contribution >= 4 is 11.6 Å². The fourth-order valence-corrected chi connectivity index (χ4v) is 3.97. The zero-order valence-electron chi connectivity index (χ0n) is 15.9. The Bertz CT molecular complexity index is 887. The Morgan fingerprint density at radius 2 is 2.04 bits per heavy atom. The molecule has 0 unspecified atom stereocenters. The van der Waals surface area contributed by atoms with Gasteiger partial charge in [-0.3, -0.25) is 4.79 Å². The van der Waals surface area contributed by atoms with Crippen molar-refractivity contribution < 1.29 is 22.7 Å². The zero-order chi connectivity index (χ0) is 20.1. The van der Waals surface area contributed by atoms with Crippen molar-refractivity contribution in [2.75, 3.05) is 13.2 Å². The summed E-state index contributed by atoms with van der Waals surface area (Å²) in [5.74, 6) is -0.238. The summed E-state index contributed by atoms with van der Waals surface area (Å²) in [5.41, 5.74) is 0.125. The molecule has 2 aliphatic rings. The lowest BCUT2D eigenvalue weighted by atomic mass is 10.1. The van der Waals surface area contributed by atoms with Gasteiger partial charge in [-0.15, -0.1) is 0 Å². The second-order valence-electron chi connectivity index (χ2n) is 7.75. The van der Waals surface area contributed by atoms with Gasteiger partial charge in [-0.2, -0.15) is 18.3 Å². The number of halogens is 3. The third-order valence-electron chi connectivity index (χ3n) is 5.43. The fourth-order valence-electron chi connectivity index (χ4n) is 3.97. The topological polar surface area (TPSA) is 59.7 Å². The maximum absolute atomic E-state index is 13.6. The standard InChI is InChI=1S/C19H23F3N4O2/c1-11(2)12-9-16(19(20,21)22)26-17(23-12)10-13(24-26)14-5-3-7-25(14)18(27)15-6-4-8-28-15/h9-11,14-15H,3-8H2,1-2H3/t14-,15+/m1/s1. The molecule has 4 rings (SSSR count). The summed E-state index contributed by atoms with van der Waals surface area (Å²) in [5, 5.41) is 4.22. The van der Waals surface area contributed by atoms with Crippen molar-refractivity contribution in [1.82, 2.24) is 19.5 Å². The molecule has 2 fully saturated rings. The van der Waals surface area contributed by atoms with E-state index in [0.717, 1.165) is 23.4 Å². The van der Waals surface area contributed by atoms with E-state index < -0.39 is 18.0 Å². The highest BCUT2D eigenvalue weighted by molar-refractivity contribution is 5.82. The van der Waals surface area contributed by atoms with Crippen LogP contribution in [0.2, 0.25) is 0 Å². The molecular formula is C19H23F3N4O2. The zero-order valence-corrected chi connectivity index (χ0v) is 15.9. The molecule has 28 heavy (non-hydrogen) atoms. The molecule has 152 valence electrons. The van der Waals surface area contributed by atoms with E-state index in [9.17, 15) is 18.0 Å². The van der Waals surface area contributed by atoms with Crippen molar-refractivity contribution in [3.63, 3.8) is 0 Å². The number of nitrogens with zero attached hydrogens (tertiary/aromatic N) is 4. The van der Waals surface area contributed by atoms with Crippen LogP contribution in [0.25, 0.3) is 5.65 Å². The van der Waals surface area contributed by atoms with Gasteiger partial charge in [0.1, 0.15) is 11.8 Å². The highest BCUT2D eigenvalue weighted by Crippen LogP contribution is 2.36. The maximum Gasteiger partial charge on any atom is 0.433 e. The Labute approximate surface area is 160 Å². The van der Waals surface area contributed by atoms with Crippen LogP contribution in [0, 0.1) is 0 Å². The third kappa shape index (κ3) is 3.36. The molecule has 6 nitrogen and oxygen atoms in total. The van der Waals surface area contributed by atoms with Gasteiger partial charge in [-0.25, -0.2) is 9.50 Å². The number of likely N-dealkylation sites (tertiary alicyclic amines) is 1. The van der Waals surface area contributed by atoms with Crippen molar-refractivity contribution in [3.8, 4) is 0 Å². The quantitative estimate of drug-likeness (QED) is 0.794. The van der Waals surface area contributed by atoms with E-state index in [1.165, 1.54) is 0 Å². The average Bonchev–Trinajstić information content (AvgIpc) is 3.38. The van der Waals surface area contributed by atoms with Crippen LogP contribution in [-0.2, 0) is 15.7 Å². The summed E-state index contributed by atoms with van der Waals surface area (Å²) in [6, 6.07) is 2.28. The number of aromatic nitrogens is 3. The monoisotopic (exact) mass is 396 g/mol. The molecule has 2 aromatic heterocycles. The average molecular weight is 396 g/mol. The number of amides is 1. The molecule has 1 amide bonds. The van der Waals surface area contributed by atoms with E-state index in [0.29, 0.717) is 37.4 Å². The van der Waals surface area contributed by atoms with Gasteiger partial charge in [0.15, 0.2) is 5.65 Å². The molecule has 0 saturated carbocycles. The summed E-state index contributed by atoms with van der Waals surface area (Å²) < 4.78 is 47.1. The number of alkyl halides is 3. The van der Waals surface area contributed by atoms with E-state index in [2.05, 4.69) is 10.1 Å². The molecule has 0 radical (unpaired) electrons. The molecule has 9 heteroatoms. The van der Waals surface area contributed by atoms with Gasteiger partial charge in [0.25, 0.3) is 5.91 Å². The van der Waals surface area contributed by atoms with Crippen LogP contribution >= 0.6 is 0 Å². The van der Waals surface area contributed by atoms with Crippen LogP contribution in [0.15, 0.2) is 12.1 Å². The van der Waals surface area contributed by atoms with Gasteiger partial charge >= 0.3 is 6.18 Å². The number of hydrogen-bond acceptors (Lipinski definition) is 4. The van der Waals surface area contributed by atoms with Crippen LogP contribution in [0.3, 0.4) is 0 Å². The SMILES string of the molecule is CC(C)c1cc(C(F)(F)F)n2nc([C@H]3CCCN3C(=O)[C@@H]3CCCO3)cc2n1. The summed E-state index contributed by atoms with van der Waals surface area (Å²) >= 11 is 0. The summed E-state index contributed by atoms with van der Waals surface area (Å²) in [6.07, 6.45) is -2.01. The summed E-state index contributed by atoms with van der Waals surface area (Å²) in [6.45, 7) is 4.73. The van der Waals surface area contributed by atoms with Crippen molar-refractivity contribution in [1.29, 1.82) is 0 Å². The molecule has 0 spiro atoms. The normalized spacial score (nSPS) is 23.3. The molecule has 2 aliphatic heterocycles. The number of hydrogen-bond donors (Lipinski definition) is 0. The van der Waals surface area contributed by atoms with E-state index >= 15 is 0 Å². The lowest BCUT2D eigenvalue weighted by Gasteiger charge is -2.25. The highest BCUT2D eigenvalue weighted by Gasteiger charge is 2.39. The lowest BCUT2D eigenvalue weighted by Crippen LogP contribution is -2.38. The van der Waals surface area contributed by atoms with E-state index in [1.807, 2.05) is 0 Å². The van der Waals surface area contributed by atoms with Crippen LogP contribution in [-0.4, -0.2) is 44.7 Å². The molecule has 2 aromatic rings. The Kier molecular flexibility index (Phi) is 4.81. The van der Waals surface area contributed by atoms with Crippen LogP contribution in [0.5, 0.6) is 0 Å². The number of carbonyl (C=O) groups is 1. The van der Waals surface area contributed by atoms with Crippen molar-refractivity contribution in [2.24, 2.45) is 0 Å². The van der Waals surface area contributed by atoms with Gasteiger partial charge in [0.2, 0.25) is 0 Å². The summed E-state index contributed by atoms with van der Waals surface area (Å²) in [4.78, 5) is 18.9. The lowest BCUT2D eigenvalue weighted by molar-refractivity contribution is -0.143. The predicted octanol–water partition coefficient (Wildman–Crippen LogP) is 3.71. The molecule has 0 bridgehead atoms. The minimum Gasteiger partial charge on any atom is -0.368 e. The Balaban J connectivity index is 1.73. The third-order valence-corrected chi connectivity index (χ3v) is 5.43. The van der Waals surface area contributed by atoms with Gasteiger partial charge in [0, 0.05) is 24.9 Å². The predicted molar refractivity (Wildman–Crippen MR) is 94.7 cm³/mol. The first-order valence-electron chi connectivity index (χ1n) is 9.65. The maximum atomic E-state index is 13.6. The highest BCUT2D eigenvalue weighted by atomic mass is 19.4. The summed E-state index contributed by atoms with van der Waals surface area (Å²) in [7, 11) is 0. The number of rotatable bonds is 3. The molecule has 4 heterocycles. The Morgan fingerprint density at radius 3 is 2.68 bits per heavy atom. The molecular weight excluding hydrogens is 373 g/mol. The smallest absolute Gasteiger partial charge is 0.368 e. The second kappa shape index (κ2) is 7.02. The van der Waals surface area contributed by atoms with Crippen LogP contribution in [0.4, 0.5) is 13.2 Å². The van der Waals surface area contributed by atoms with E-state index in [1.54, 1.807) is 24.8 Å². The Hall–Kier alpha value is -2.16. The fraction of sp³-hybridized carbons (Fsp3) is 0.632. The van der Waals surface area contributed by atoms with E-state index in [-0.39, 0.29) is 23.5 Å². The number of carbonyl (C=O) groups excluding carboxylic acids is 1. The van der Waals surface area contributed by atoms with Gasteiger partial charge in [-0.1, -0.05) is 13.8 Å². The number of fused-ring (bicyclic) bond motifs is 1. The second-order valence-corrected chi connectivity index (χ2v) is 7.75. The van der Waals surface area contributed by atoms with Gasteiger partial charge in [-0.05, 0) is 37.7 Å². The number of ether oxygens (including phenoxy) is 1. The minimum atomic E-state index is -4.54. The van der Waals surface area contributed by atoms with Crippen LogP contribution in [0.1, 0.15) is 68.6 Å². The van der Waals surface area contributed by atoms with Gasteiger partial charge in [0.05, 0.1) is 11.7 Å². The van der Waals surface area contributed by atoms with Crippen LogP contribution < -0.4 is 0 Å². The first-order valence-corrected chi connectivity index (χ1v) is 9.65. The van der Waals surface area contributed by atoms with Crippen molar-refractivity contribution in [2.45, 2.75) is 63.8 Å². The first kappa shape index (κ1) is 19.2. The first-order chi connectivity index (χ1) is 13.3. The molecule has 2 saturated heterocycles. The van der Waals surface area contributed by atoms with Crippen molar-refractivity contribution in [3.05, 3.63) is 29.2 Å². The molecule has 0 N–H and O–H groups in total. The molecule has 0 aromatic carbocycles. The molecule has 2 atom stereocenters. The molecule has 0 aliphatic carbocycles. The Morgan fingerprint density at radius 1 is 1.25 bits per heavy atom. The van der Waals surface area contributed by atoms with E-state index in [4.69, 9.17) is 4.74 Å².